The molecule has 1 aliphatic heterocycles. The standard InChI is InChI=1S/C17H13ClF5N3O2/c18-12-6-13(19)11(5-14(12)20)16(28)7-15(17(21,22)23)26(25(16)8-27)10-3-1-2-9(24)4-10/h1-6,8,15,28H,7,24H2. The Bertz CT molecular complexity index is 926. The van der Waals surface area contributed by atoms with E-state index < -0.39 is 46.6 Å². The summed E-state index contributed by atoms with van der Waals surface area (Å²) >= 11 is 5.47. The Balaban J connectivity index is 2.21. The van der Waals surface area contributed by atoms with Gasteiger partial charge in [0.15, 0.2) is 11.8 Å². The summed E-state index contributed by atoms with van der Waals surface area (Å²) in [6, 6.07) is 3.70. The molecule has 0 spiro atoms. The highest BCUT2D eigenvalue weighted by Gasteiger charge is 2.60. The van der Waals surface area contributed by atoms with Crippen LogP contribution in [0.3, 0.4) is 0 Å². The summed E-state index contributed by atoms with van der Waals surface area (Å²) in [6.07, 6.45) is -6.18. The molecular weight excluding hydrogens is 409 g/mol. The van der Waals surface area contributed by atoms with Gasteiger partial charge in [-0.15, -0.1) is 0 Å². The van der Waals surface area contributed by atoms with Crippen LogP contribution < -0.4 is 10.7 Å². The minimum atomic E-state index is -4.92. The van der Waals surface area contributed by atoms with E-state index in [4.69, 9.17) is 17.3 Å². The highest BCUT2D eigenvalue weighted by Crippen LogP contribution is 2.48. The fourth-order valence-corrected chi connectivity index (χ4v) is 3.36. The van der Waals surface area contributed by atoms with E-state index in [0.717, 1.165) is 6.07 Å². The maximum absolute atomic E-state index is 14.4. The van der Waals surface area contributed by atoms with Crippen molar-refractivity contribution in [3.8, 4) is 0 Å². The minimum absolute atomic E-state index is 0.0963. The number of carbonyl (C=O) groups is 1. The molecule has 150 valence electrons. The van der Waals surface area contributed by atoms with E-state index in [2.05, 4.69) is 0 Å². The maximum atomic E-state index is 14.4. The first-order valence-corrected chi connectivity index (χ1v) is 8.20. The Labute approximate surface area is 160 Å². The largest absolute Gasteiger partial charge is 0.410 e. The summed E-state index contributed by atoms with van der Waals surface area (Å²) < 4.78 is 69.3. The molecule has 3 N–H and O–H groups in total. The molecule has 3 rings (SSSR count). The Morgan fingerprint density at radius 2 is 1.89 bits per heavy atom. The van der Waals surface area contributed by atoms with Crippen LogP contribution in [0.5, 0.6) is 0 Å². The molecule has 1 fully saturated rings. The lowest BCUT2D eigenvalue weighted by Crippen LogP contribution is -2.51. The number of nitrogens with two attached hydrogens (primary N) is 1. The van der Waals surface area contributed by atoms with Gasteiger partial charge in [-0.05, 0) is 30.3 Å². The molecule has 28 heavy (non-hydrogen) atoms. The SMILES string of the molecule is Nc1cccc(N2C(C(F)(F)F)CC(O)(c3cc(F)c(Cl)cc3F)N2C=O)c1. The van der Waals surface area contributed by atoms with Gasteiger partial charge < -0.3 is 10.8 Å². The first kappa shape index (κ1) is 20.2. The molecule has 1 saturated heterocycles. The van der Waals surface area contributed by atoms with Gasteiger partial charge in [0.2, 0.25) is 6.41 Å². The van der Waals surface area contributed by atoms with Crippen molar-refractivity contribution < 1.29 is 31.9 Å². The van der Waals surface area contributed by atoms with Gasteiger partial charge in [0.05, 0.1) is 10.7 Å². The van der Waals surface area contributed by atoms with Crippen LogP contribution in [-0.4, -0.2) is 28.7 Å². The molecule has 0 aromatic heterocycles. The van der Waals surface area contributed by atoms with E-state index in [-0.39, 0.29) is 22.8 Å². The van der Waals surface area contributed by atoms with Gasteiger partial charge in [0.25, 0.3) is 0 Å². The summed E-state index contributed by atoms with van der Waals surface area (Å²) in [5.74, 6) is -2.43. The lowest BCUT2D eigenvalue weighted by Gasteiger charge is -2.37. The van der Waals surface area contributed by atoms with Crippen molar-refractivity contribution in [3.63, 3.8) is 0 Å². The molecular formula is C17H13ClF5N3O2. The van der Waals surface area contributed by atoms with Gasteiger partial charge in [-0.3, -0.25) is 9.80 Å². The Morgan fingerprint density at radius 1 is 1.21 bits per heavy atom. The molecule has 1 aliphatic rings. The second-order valence-electron chi connectivity index (χ2n) is 6.21. The zero-order chi connectivity index (χ0) is 20.9. The average Bonchev–Trinajstić information content (AvgIpc) is 2.92. The van der Waals surface area contributed by atoms with Gasteiger partial charge in [-0.2, -0.15) is 13.2 Å². The van der Waals surface area contributed by atoms with Crippen LogP contribution in [0.1, 0.15) is 12.0 Å². The van der Waals surface area contributed by atoms with E-state index in [0.29, 0.717) is 17.1 Å². The van der Waals surface area contributed by atoms with Crippen LogP contribution in [0, 0.1) is 11.6 Å². The van der Waals surface area contributed by atoms with Crippen LogP contribution in [-0.2, 0) is 10.5 Å². The predicted molar refractivity (Wildman–Crippen MR) is 91.0 cm³/mol. The molecule has 2 unspecified atom stereocenters. The third-order valence-electron chi connectivity index (χ3n) is 4.44. The van der Waals surface area contributed by atoms with Gasteiger partial charge >= 0.3 is 6.18 Å². The number of nitrogen functional groups attached to an aromatic ring is 1. The number of rotatable bonds is 3. The van der Waals surface area contributed by atoms with Crippen molar-refractivity contribution >= 4 is 29.4 Å². The van der Waals surface area contributed by atoms with Gasteiger partial charge in [0, 0.05) is 17.7 Å². The van der Waals surface area contributed by atoms with Gasteiger partial charge in [-0.25, -0.2) is 13.8 Å². The number of nitrogens with zero attached hydrogens (tertiary/aromatic N) is 2. The van der Waals surface area contributed by atoms with Gasteiger partial charge in [0.1, 0.15) is 11.6 Å². The molecule has 0 bridgehead atoms. The molecule has 2 aromatic rings. The highest BCUT2D eigenvalue weighted by atomic mass is 35.5. The second kappa shape index (κ2) is 6.78. The molecule has 0 aliphatic carbocycles. The Morgan fingerprint density at radius 3 is 2.46 bits per heavy atom. The lowest BCUT2D eigenvalue weighted by molar-refractivity contribution is -0.150. The molecule has 5 nitrogen and oxygen atoms in total. The molecule has 2 aromatic carbocycles. The summed E-state index contributed by atoms with van der Waals surface area (Å²) in [4.78, 5) is 11.7. The van der Waals surface area contributed by atoms with Crippen LogP contribution in [0.25, 0.3) is 0 Å². The average molecular weight is 422 g/mol. The zero-order valence-electron chi connectivity index (χ0n) is 13.9. The molecule has 0 radical (unpaired) electrons. The lowest BCUT2D eigenvalue weighted by atomic mass is 9.96. The number of carbonyl (C=O) groups excluding carboxylic acids is 1. The quantitative estimate of drug-likeness (QED) is 0.344. The fourth-order valence-electron chi connectivity index (χ4n) is 3.20. The summed E-state index contributed by atoms with van der Waals surface area (Å²) in [6.45, 7) is 0. The predicted octanol–water partition coefficient (Wildman–Crippen LogP) is 3.56. The number of amides is 1. The first-order valence-electron chi connectivity index (χ1n) is 7.82. The number of hydrazine groups is 1. The smallest absolute Gasteiger partial charge is 0.399 e. The third-order valence-corrected chi connectivity index (χ3v) is 4.73. The fraction of sp³-hybridized carbons (Fsp3) is 0.235. The van der Waals surface area contributed by atoms with Crippen molar-refractivity contribution in [3.05, 3.63) is 58.6 Å². The third kappa shape index (κ3) is 3.22. The maximum Gasteiger partial charge on any atom is 0.410 e. The van der Waals surface area contributed by atoms with Gasteiger partial charge in [-0.1, -0.05) is 17.7 Å². The van der Waals surface area contributed by atoms with Crippen LogP contribution in [0.2, 0.25) is 5.02 Å². The van der Waals surface area contributed by atoms with Crippen LogP contribution in [0.15, 0.2) is 36.4 Å². The number of aliphatic hydroxyl groups is 1. The van der Waals surface area contributed by atoms with E-state index in [1.54, 1.807) is 0 Å². The number of benzene rings is 2. The van der Waals surface area contributed by atoms with Crippen molar-refractivity contribution in [1.29, 1.82) is 0 Å². The summed E-state index contributed by atoms with van der Waals surface area (Å²) in [7, 11) is 0. The van der Waals surface area contributed by atoms with Crippen LogP contribution in [0.4, 0.5) is 33.3 Å². The zero-order valence-corrected chi connectivity index (χ0v) is 14.7. The molecule has 11 heteroatoms. The summed E-state index contributed by atoms with van der Waals surface area (Å²) in [5.41, 5.74) is 1.86. The Hall–Kier alpha value is -2.59. The summed E-state index contributed by atoms with van der Waals surface area (Å²) in [5, 5.41) is 11.0. The van der Waals surface area contributed by atoms with Crippen molar-refractivity contribution in [1.82, 2.24) is 5.01 Å². The second-order valence-corrected chi connectivity index (χ2v) is 6.62. The number of hydrogen-bond acceptors (Lipinski definition) is 4. The van der Waals surface area contributed by atoms with Crippen molar-refractivity contribution in [2.75, 3.05) is 10.7 Å². The molecule has 1 amide bonds. The molecule has 2 atom stereocenters. The minimum Gasteiger partial charge on any atom is -0.399 e. The van der Waals surface area contributed by atoms with Crippen molar-refractivity contribution in [2.45, 2.75) is 24.4 Å². The molecule has 0 saturated carbocycles. The first-order chi connectivity index (χ1) is 13.0. The normalized spacial score (nSPS) is 22.6. The molecule has 1 heterocycles. The van der Waals surface area contributed by atoms with Crippen molar-refractivity contribution in [2.24, 2.45) is 0 Å². The van der Waals surface area contributed by atoms with E-state index in [1.165, 1.54) is 18.2 Å². The van der Waals surface area contributed by atoms with Crippen LogP contribution >= 0.6 is 11.6 Å². The number of hydrogen-bond donors (Lipinski definition) is 2. The number of halogens is 6. The van der Waals surface area contributed by atoms with E-state index in [9.17, 15) is 31.9 Å². The monoisotopic (exact) mass is 421 g/mol. The number of alkyl halides is 3. The topological polar surface area (TPSA) is 69.8 Å². The Kier molecular flexibility index (Phi) is 4.88. The van der Waals surface area contributed by atoms with E-state index >= 15 is 0 Å². The highest BCUT2D eigenvalue weighted by molar-refractivity contribution is 6.30. The van der Waals surface area contributed by atoms with E-state index in [1.807, 2.05) is 0 Å². The number of anilines is 2.